The molecule has 1 atom stereocenters. The molecule has 1 rings (SSSR count). The predicted octanol–water partition coefficient (Wildman–Crippen LogP) is 4.12. The molecule has 1 saturated heterocycles. The fraction of sp³-hybridized carbons (Fsp3) is 0.800. The fourth-order valence-corrected chi connectivity index (χ4v) is 2.60. The van der Waals surface area contributed by atoms with Crippen LogP contribution in [0.2, 0.25) is 0 Å². The Balaban J connectivity index is 2.13. The third-order valence-corrected chi connectivity index (χ3v) is 3.71. The molecule has 0 saturated carbocycles. The van der Waals surface area contributed by atoms with E-state index in [1.165, 1.54) is 38.5 Å². The summed E-state index contributed by atoms with van der Waals surface area (Å²) in [6.45, 7) is 6.82. The van der Waals surface area contributed by atoms with Gasteiger partial charge >= 0.3 is 0 Å². The van der Waals surface area contributed by atoms with E-state index in [1.807, 2.05) is 0 Å². The molecule has 98 valence electrons. The summed E-state index contributed by atoms with van der Waals surface area (Å²) in [5.41, 5.74) is 0. The van der Waals surface area contributed by atoms with Gasteiger partial charge in [0.15, 0.2) is 0 Å². The second-order valence-electron chi connectivity index (χ2n) is 5.11. The lowest BCUT2D eigenvalue weighted by Gasteiger charge is -2.29. The largest absolute Gasteiger partial charge is 0.319 e. The molecule has 0 radical (unpaired) electrons. The Kier molecular flexibility index (Phi) is 6.99. The number of amides is 1. The molecule has 0 aromatic heterocycles. The Bertz CT molecular complexity index is 237. The first-order valence-electron chi connectivity index (χ1n) is 7.22. The summed E-state index contributed by atoms with van der Waals surface area (Å²) >= 11 is 0. The average molecular weight is 237 g/mol. The van der Waals surface area contributed by atoms with Gasteiger partial charge in [-0.1, -0.05) is 52.0 Å². The van der Waals surface area contributed by atoms with Crippen molar-refractivity contribution in [1.82, 2.24) is 4.90 Å². The van der Waals surface area contributed by atoms with Gasteiger partial charge in [-0.3, -0.25) is 4.79 Å². The maximum absolute atomic E-state index is 12.0. The maximum atomic E-state index is 12.0. The standard InChI is InChI=1S/C15H27NO/c1-3-5-6-7-8-9-11-14-12-10-13-16(4-2)15(14)17/h4,14H,2-3,5-13H2,1H3. The molecule has 2 heteroatoms. The Labute approximate surface area is 106 Å². The second-order valence-corrected chi connectivity index (χ2v) is 5.11. The second kappa shape index (κ2) is 8.32. The van der Waals surface area contributed by atoms with Crippen molar-refractivity contribution in [3.8, 4) is 0 Å². The number of rotatable bonds is 8. The van der Waals surface area contributed by atoms with E-state index in [0.717, 1.165) is 25.8 Å². The van der Waals surface area contributed by atoms with Crippen LogP contribution in [0.15, 0.2) is 12.8 Å². The van der Waals surface area contributed by atoms with Crippen molar-refractivity contribution in [3.05, 3.63) is 12.8 Å². The third-order valence-electron chi connectivity index (χ3n) is 3.71. The summed E-state index contributed by atoms with van der Waals surface area (Å²) in [6.07, 6.45) is 12.8. The molecule has 0 N–H and O–H groups in total. The molecule has 1 aliphatic rings. The van der Waals surface area contributed by atoms with E-state index in [-0.39, 0.29) is 5.92 Å². The van der Waals surface area contributed by atoms with Gasteiger partial charge in [-0.15, -0.1) is 0 Å². The van der Waals surface area contributed by atoms with Crippen LogP contribution in [0.25, 0.3) is 0 Å². The van der Waals surface area contributed by atoms with Gasteiger partial charge in [0.05, 0.1) is 0 Å². The lowest BCUT2D eigenvalue weighted by molar-refractivity contribution is -0.135. The Morgan fingerprint density at radius 1 is 1.29 bits per heavy atom. The van der Waals surface area contributed by atoms with Crippen LogP contribution in [0.3, 0.4) is 0 Å². The summed E-state index contributed by atoms with van der Waals surface area (Å²) in [4.78, 5) is 13.8. The molecule has 17 heavy (non-hydrogen) atoms. The van der Waals surface area contributed by atoms with Crippen molar-refractivity contribution in [1.29, 1.82) is 0 Å². The van der Waals surface area contributed by atoms with Crippen LogP contribution >= 0.6 is 0 Å². The van der Waals surface area contributed by atoms with Crippen LogP contribution in [0.5, 0.6) is 0 Å². The van der Waals surface area contributed by atoms with Crippen LogP contribution in [-0.4, -0.2) is 17.4 Å². The maximum Gasteiger partial charge on any atom is 0.229 e. The molecule has 1 heterocycles. The highest BCUT2D eigenvalue weighted by Crippen LogP contribution is 2.23. The number of piperidine rings is 1. The van der Waals surface area contributed by atoms with Crippen LogP contribution in [-0.2, 0) is 4.79 Å². The molecule has 0 aromatic rings. The highest BCUT2D eigenvalue weighted by Gasteiger charge is 2.26. The van der Waals surface area contributed by atoms with Crippen LogP contribution in [0.1, 0.15) is 64.7 Å². The number of likely N-dealkylation sites (tertiary alicyclic amines) is 1. The zero-order valence-corrected chi connectivity index (χ0v) is 11.3. The van der Waals surface area contributed by atoms with Gasteiger partial charge in [0.2, 0.25) is 5.91 Å². The minimum atomic E-state index is 0.271. The quantitative estimate of drug-likeness (QED) is 0.581. The van der Waals surface area contributed by atoms with E-state index in [0.29, 0.717) is 5.91 Å². The zero-order chi connectivity index (χ0) is 12.5. The van der Waals surface area contributed by atoms with Gasteiger partial charge in [0.25, 0.3) is 0 Å². The Morgan fingerprint density at radius 3 is 2.71 bits per heavy atom. The molecule has 1 unspecified atom stereocenters. The summed E-state index contributed by atoms with van der Waals surface area (Å²) in [7, 11) is 0. The number of hydrogen-bond donors (Lipinski definition) is 0. The Hall–Kier alpha value is -0.790. The normalized spacial score (nSPS) is 20.6. The SMILES string of the molecule is C=CN1CCCC(CCCCCCCC)C1=O. The molecular formula is C15H27NO. The predicted molar refractivity (Wildman–Crippen MR) is 72.6 cm³/mol. The average Bonchev–Trinajstić information content (AvgIpc) is 2.35. The molecule has 2 nitrogen and oxygen atoms in total. The van der Waals surface area contributed by atoms with Crippen molar-refractivity contribution >= 4 is 5.91 Å². The van der Waals surface area contributed by atoms with Crippen molar-refractivity contribution in [3.63, 3.8) is 0 Å². The van der Waals surface area contributed by atoms with Crippen LogP contribution in [0.4, 0.5) is 0 Å². The third kappa shape index (κ3) is 4.93. The lowest BCUT2D eigenvalue weighted by atomic mass is 9.91. The number of hydrogen-bond acceptors (Lipinski definition) is 1. The van der Waals surface area contributed by atoms with E-state index < -0.39 is 0 Å². The fourth-order valence-electron chi connectivity index (χ4n) is 2.60. The highest BCUT2D eigenvalue weighted by molar-refractivity contribution is 5.80. The minimum absolute atomic E-state index is 0.271. The van der Waals surface area contributed by atoms with E-state index >= 15 is 0 Å². The van der Waals surface area contributed by atoms with Gasteiger partial charge < -0.3 is 4.90 Å². The molecule has 1 amide bonds. The van der Waals surface area contributed by atoms with Gasteiger partial charge in [0, 0.05) is 12.5 Å². The van der Waals surface area contributed by atoms with Gasteiger partial charge in [0.1, 0.15) is 0 Å². The summed E-state index contributed by atoms with van der Waals surface area (Å²) in [5, 5.41) is 0. The first-order chi connectivity index (χ1) is 8.29. The number of carbonyl (C=O) groups excluding carboxylic acids is 1. The van der Waals surface area contributed by atoms with Crippen molar-refractivity contribution in [2.45, 2.75) is 64.7 Å². The number of nitrogens with zero attached hydrogens (tertiary/aromatic N) is 1. The minimum Gasteiger partial charge on any atom is -0.319 e. The zero-order valence-electron chi connectivity index (χ0n) is 11.3. The van der Waals surface area contributed by atoms with Crippen molar-refractivity contribution < 1.29 is 4.79 Å². The van der Waals surface area contributed by atoms with E-state index in [1.54, 1.807) is 11.1 Å². The van der Waals surface area contributed by atoms with Gasteiger partial charge in [-0.25, -0.2) is 0 Å². The molecule has 0 aromatic carbocycles. The van der Waals surface area contributed by atoms with E-state index in [2.05, 4.69) is 13.5 Å². The van der Waals surface area contributed by atoms with E-state index in [9.17, 15) is 4.79 Å². The smallest absolute Gasteiger partial charge is 0.229 e. The molecular weight excluding hydrogens is 210 g/mol. The molecule has 0 bridgehead atoms. The topological polar surface area (TPSA) is 20.3 Å². The Morgan fingerprint density at radius 2 is 2.00 bits per heavy atom. The number of unbranched alkanes of at least 4 members (excludes halogenated alkanes) is 5. The first kappa shape index (κ1) is 14.3. The molecule has 0 spiro atoms. The molecule has 1 fully saturated rings. The van der Waals surface area contributed by atoms with Crippen molar-refractivity contribution in [2.24, 2.45) is 5.92 Å². The lowest BCUT2D eigenvalue weighted by Crippen LogP contribution is -2.37. The summed E-state index contributed by atoms with van der Waals surface area (Å²) < 4.78 is 0. The number of carbonyl (C=O) groups is 1. The van der Waals surface area contributed by atoms with Crippen molar-refractivity contribution in [2.75, 3.05) is 6.54 Å². The van der Waals surface area contributed by atoms with Gasteiger partial charge in [-0.2, -0.15) is 0 Å². The summed E-state index contributed by atoms with van der Waals surface area (Å²) in [5.74, 6) is 0.577. The van der Waals surface area contributed by atoms with Crippen LogP contribution < -0.4 is 0 Å². The molecule has 1 aliphatic heterocycles. The van der Waals surface area contributed by atoms with E-state index in [4.69, 9.17) is 0 Å². The first-order valence-corrected chi connectivity index (χ1v) is 7.22. The monoisotopic (exact) mass is 237 g/mol. The van der Waals surface area contributed by atoms with Gasteiger partial charge in [-0.05, 0) is 25.5 Å². The molecule has 0 aliphatic carbocycles. The van der Waals surface area contributed by atoms with Crippen LogP contribution in [0, 0.1) is 5.92 Å². The summed E-state index contributed by atoms with van der Waals surface area (Å²) in [6, 6.07) is 0. The highest BCUT2D eigenvalue weighted by atomic mass is 16.2.